The van der Waals surface area contributed by atoms with Crippen molar-refractivity contribution in [2.45, 2.75) is 6.18 Å². The van der Waals surface area contributed by atoms with Crippen LogP contribution in [0.25, 0.3) is 0 Å². The highest BCUT2D eigenvalue weighted by Crippen LogP contribution is 2.29. The van der Waals surface area contributed by atoms with Gasteiger partial charge in [-0.25, -0.2) is 0 Å². The molecule has 0 aliphatic rings. The Labute approximate surface area is 119 Å². The van der Waals surface area contributed by atoms with Crippen molar-refractivity contribution in [1.82, 2.24) is 0 Å². The minimum atomic E-state index is -4.40. The molecule has 0 aliphatic heterocycles. The van der Waals surface area contributed by atoms with E-state index < -0.39 is 11.7 Å². The summed E-state index contributed by atoms with van der Waals surface area (Å²) >= 11 is 0. The number of nitrogens with zero attached hydrogens (tertiary/aromatic N) is 1. The van der Waals surface area contributed by atoms with E-state index in [4.69, 9.17) is 5.21 Å². The van der Waals surface area contributed by atoms with E-state index in [0.29, 0.717) is 11.1 Å². The van der Waals surface area contributed by atoms with Crippen molar-refractivity contribution in [2.24, 2.45) is 5.16 Å². The van der Waals surface area contributed by atoms with Crippen molar-refractivity contribution >= 4 is 5.71 Å². The van der Waals surface area contributed by atoms with Crippen molar-refractivity contribution in [2.75, 3.05) is 0 Å². The Hall–Kier alpha value is -2.74. The van der Waals surface area contributed by atoms with E-state index in [1.807, 2.05) is 6.07 Å². The number of alkyl halides is 3. The van der Waals surface area contributed by atoms with Crippen LogP contribution in [0.2, 0.25) is 0 Å². The second-order valence-corrected chi connectivity index (χ2v) is 4.14. The van der Waals surface area contributed by atoms with E-state index in [1.54, 1.807) is 24.3 Å². The highest BCUT2D eigenvalue weighted by molar-refractivity contribution is 6.12. The van der Waals surface area contributed by atoms with E-state index in [0.717, 1.165) is 12.1 Å². The summed E-state index contributed by atoms with van der Waals surface area (Å²) < 4.78 is 37.4. The highest BCUT2D eigenvalue weighted by atomic mass is 19.4. The van der Waals surface area contributed by atoms with Crippen LogP contribution >= 0.6 is 0 Å². The summed E-state index contributed by atoms with van der Waals surface area (Å²) in [5.74, 6) is 5.40. The Morgan fingerprint density at radius 3 is 2.10 bits per heavy atom. The number of benzene rings is 2. The van der Waals surface area contributed by atoms with Crippen LogP contribution in [0.15, 0.2) is 59.8 Å². The first-order valence-electron chi connectivity index (χ1n) is 5.97. The summed E-state index contributed by atoms with van der Waals surface area (Å²) in [6.07, 6.45) is -4.40. The molecule has 2 aromatic rings. The maximum atomic E-state index is 12.5. The molecule has 0 unspecified atom stereocenters. The van der Waals surface area contributed by atoms with Gasteiger partial charge in [0.05, 0.1) is 5.56 Å². The zero-order chi connectivity index (χ0) is 15.3. The number of rotatable bonds is 1. The molecule has 0 saturated heterocycles. The Bertz CT molecular complexity index is 692. The lowest BCUT2D eigenvalue weighted by Crippen LogP contribution is -2.05. The van der Waals surface area contributed by atoms with Gasteiger partial charge in [-0.2, -0.15) is 13.2 Å². The van der Waals surface area contributed by atoms with Gasteiger partial charge in [-0.3, -0.25) is 0 Å². The number of hydrogen-bond acceptors (Lipinski definition) is 2. The van der Waals surface area contributed by atoms with Crippen LogP contribution in [0.1, 0.15) is 16.7 Å². The van der Waals surface area contributed by atoms with Crippen molar-refractivity contribution in [3.8, 4) is 11.8 Å². The SMILES string of the molecule is O/N=C(/C#Cc1ccccc1)c1ccc(C(F)(F)F)cc1. The predicted molar refractivity (Wildman–Crippen MR) is 73.1 cm³/mol. The fourth-order valence-electron chi connectivity index (χ4n) is 1.62. The van der Waals surface area contributed by atoms with Crippen LogP contribution in [0.5, 0.6) is 0 Å². The molecule has 2 nitrogen and oxygen atoms in total. The van der Waals surface area contributed by atoms with Gasteiger partial charge in [0.1, 0.15) is 0 Å². The molecule has 5 heteroatoms. The Kier molecular flexibility index (Phi) is 4.29. The van der Waals surface area contributed by atoms with E-state index in [1.165, 1.54) is 12.1 Å². The summed E-state index contributed by atoms with van der Waals surface area (Å²) in [4.78, 5) is 0. The fourth-order valence-corrected chi connectivity index (χ4v) is 1.62. The van der Waals surface area contributed by atoms with E-state index in [2.05, 4.69) is 17.0 Å². The predicted octanol–water partition coefficient (Wildman–Crippen LogP) is 3.94. The van der Waals surface area contributed by atoms with Crippen molar-refractivity contribution < 1.29 is 18.4 Å². The smallest absolute Gasteiger partial charge is 0.410 e. The molecule has 21 heavy (non-hydrogen) atoms. The molecule has 0 saturated carbocycles. The Balaban J connectivity index is 2.26. The third-order valence-electron chi connectivity index (χ3n) is 2.68. The lowest BCUT2D eigenvalue weighted by Gasteiger charge is -2.06. The molecule has 2 aromatic carbocycles. The average molecular weight is 289 g/mol. The first kappa shape index (κ1) is 14.7. The van der Waals surface area contributed by atoms with Gasteiger partial charge in [-0.05, 0) is 30.2 Å². The van der Waals surface area contributed by atoms with Gasteiger partial charge in [0, 0.05) is 11.1 Å². The van der Waals surface area contributed by atoms with E-state index in [9.17, 15) is 13.2 Å². The molecule has 0 atom stereocenters. The maximum Gasteiger partial charge on any atom is 0.416 e. The lowest BCUT2D eigenvalue weighted by atomic mass is 10.1. The van der Waals surface area contributed by atoms with Crippen LogP contribution in [-0.4, -0.2) is 10.9 Å². The van der Waals surface area contributed by atoms with Gasteiger partial charge in [-0.15, -0.1) is 0 Å². The second-order valence-electron chi connectivity index (χ2n) is 4.14. The molecule has 2 rings (SSSR count). The van der Waals surface area contributed by atoms with Gasteiger partial charge in [0.2, 0.25) is 0 Å². The van der Waals surface area contributed by atoms with Crippen LogP contribution < -0.4 is 0 Å². The second kappa shape index (κ2) is 6.14. The summed E-state index contributed by atoms with van der Waals surface area (Å²) in [6.45, 7) is 0. The first-order valence-corrected chi connectivity index (χ1v) is 5.97. The van der Waals surface area contributed by atoms with Crippen LogP contribution in [-0.2, 0) is 6.18 Å². The van der Waals surface area contributed by atoms with Crippen LogP contribution in [0.4, 0.5) is 13.2 Å². The van der Waals surface area contributed by atoms with Gasteiger partial charge >= 0.3 is 6.18 Å². The molecule has 1 N–H and O–H groups in total. The summed E-state index contributed by atoms with van der Waals surface area (Å²) in [6, 6.07) is 13.3. The molecule has 0 radical (unpaired) electrons. The van der Waals surface area contributed by atoms with Gasteiger partial charge in [-0.1, -0.05) is 41.4 Å². The molecule has 0 bridgehead atoms. The first-order chi connectivity index (χ1) is 10.0. The third kappa shape index (κ3) is 3.86. The monoisotopic (exact) mass is 289 g/mol. The molecule has 0 spiro atoms. The van der Waals surface area contributed by atoms with Gasteiger partial charge in [0.15, 0.2) is 5.71 Å². The summed E-state index contributed by atoms with van der Waals surface area (Å²) in [5, 5.41) is 12.0. The van der Waals surface area contributed by atoms with Crippen LogP contribution in [0, 0.1) is 11.8 Å². The third-order valence-corrected chi connectivity index (χ3v) is 2.68. The van der Waals surface area contributed by atoms with Crippen LogP contribution in [0.3, 0.4) is 0 Å². The minimum Gasteiger partial charge on any atom is -0.410 e. The zero-order valence-corrected chi connectivity index (χ0v) is 10.7. The fraction of sp³-hybridized carbons (Fsp3) is 0.0625. The highest BCUT2D eigenvalue weighted by Gasteiger charge is 2.30. The maximum absolute atomic E-state index is 12.5. The van der Waals surface area contributed by atoms with E-state index in [-0.39, 0.29) is 5.71 Å². The molecule has 106 valence electrons. The van der Waals surface area contributed by atoms with Crippen molar-refractivity contribution in [3.63, 3.8) is 0 Å². The van der Waals surface area contributed by atoms with Crippen molar-refractivity contribution in [3.05, 3.63) is 71.3 Å². The molecule has 0 amide bonds. The molecule has 0 aromatic heterocycles. The molecule has 0 fully saturated rings. The summed E-state index contributed by atoms with van der Waals surface area (Å²) in [5.41, 5.74) is 0.270. The molecular weight excluding hydrogens is 279 g/mol. The largest absolute Gasteiger partial charge is 0.416 e. The number of hydrogen-bond donors (Lipinski definition) is 1. The number of halogens is 3. The molecular formula is C16H10F3NO. The topological polar surface area (TPSA) is 32.6 Å². The normalized spacial score (nSPS) is 11.7. The molecule has 0 heterocycles. The van der Waals surface area contributed by atoms with Gasteiger partial charge in [0.25, 0.3) is 0 Å². The lowest BCUT2D eigenvalue weighted by molar-refractivity contribution is -0.137. The zero-order valence-electron chi connectivity index (χ0n) is 10.7. The Morgan fingerprint density at radius 1 is 0.952 bits per heavy atom. The Morgan fingerprint density at radius 2 is 1.57 bits per heavy atom. The van der Waals surface area contributed by atoms with Gasteiger partial charge < -0.3 is 5.21 Å². The average Bonchev–Trinajstić information content (AvgIpc) is 2.48. The summed E-state index contributed by atoms with van der Waals surface area (Å²) in [7, 11) is 0. The molecule has 0 aliphatic carbocycles. The standard InChI is InChI=1S/C16H10F3NO/c17-16(18,19)14-9-7-13(8-10-14)15(20-21)11-6-12-4-2-1-3-5-12/h1-5,7-10,21H/b20-15-. The van der Waals surface area contributed by atoms with E-state index >= 15 is 0 Å². The number of oxime groups is 1. The quantitative estimate of drug-likeness (QED) is 0.367. The van der Waals surface area contributed by atoms with Crippen molar-refractivity contribution in [1.29, 1.82) is 0 Å². The minimum absolute atomic E-state index is 0.00702.